The number of hydrogen-bond acceptors (Lipinski definition) is 8. The molecule has 10 nitrogen and oxygen atoms in total. The number of carbonyl (C=O) groups excluding carboxylic acids is 1. The van der Waals surface area contributed by atoms with E-state index >= 15 is 0 Å². The number of piperidine rings is 1. The van der Waals surface area contributed by atoms with Gasteiger partial charge in [0.25, 0.3) is 5.91 Å². The highest BCUT2D eigenvalue weighted by Crippen LogP contribution is 2.33. The first-order valence-electron chi connectivity index (χ1n) is 10.3. The topological polar surface area (TPSA) is 139 Å². The summed E-state index contributed by atoms with van der Waals surface area (Å²) in [6, 6.07) is 5.32. The van der Waals surface area contributed by atoms with Gasteiger partial charge >= 0.3 is 12.1 Å². The first-order valence-corrected chi connectivity index (χ1v) is 10.3. The minimum Gasteiger partial charge on any atom is -0.405 e. The standard InChI is InChI=1S/C21H20F3N7O3/c22-21(23,24)34-15-7-3-2-6-12(15)13-10-26-17(25)16(28-13)19(32)29-18-14(11-27-20(33)30-18)31-8-4-1-5-9-31/h2-3,6-7,10-11H,1,4-5,8-9H2,(H2,25,26)(H2,27,29,30,32,33). The second kappa shape index (κ2) is 9.37. The molecule has 1 saturated heterocycles. The van der Waals surface area contributed by atoms with Crippen LogP contribution in [0.5, 0.6) is 5.75 Å². The maximum Gasteiger partial charge on any atom is 0.573 e. The molecule has 0 bridgehead atoms. The minimum atomic E-state index is -4.92. The number of rotatable bonds is 5. The summed E-state index contributed by atoms with van der Waals surface area (Å²) >= 11 is 0. The molecule has 3 aromatic rings. The van der Waals surface area contributed by atoms with E-state index in [-0.39, 0.29) is 28.6 Å². The van der Waals surface area contributed by atoms with Crippen LogP contribution in [-0.4, -0.2) is 45.3 Å². The highest BCUT2D eigenvalue weighted by Gasteiger charge is 2.32. The van der Waals surface area contributed by atoms with Crippen LogP contribution in [0, 0.1) is 0 Å². The largest absolute Gasteiger partial charge is 0.573 e. The summed E-state index contributed by atoms with van der Waals surface area (Å²) < 4.78 is 42.4. The average molecular weight is 475 g/mol. The van der Waals surface area contributed by atoms with E-state index in [1.807, 2.05) is 4.90 Å². The van der Waals surface area contributed by atoms with Crippen molar-refractivity contribution in [3.63, 3.8) is 0 Å². The Balaban J connectivity index is 1.66. The number of hydrogen-bond donors (Lipinski definition) is 3. The highest BCUT2D eigenvalue weighted by atomic mass is 19.4. The van der Waals surface area contributed by atoms with Gasteiger partial charge in [0.1, 0.15) is 11.6 Å². The van der Waals surface area contributed by atoms with Crippen LogP contribution in [0.3, 0.4) is 0 Å². The third-order valence-electron chi connectivity index (χ3n) is 5.13. The normalized spacial score (nSPS) is 14.0. The molecule has 1 aliphatic heterocycles. The number of benzene rings is 1. The predicted molar refractivity (Wildman–Crippen MR) is 117 cm³/mol. The van der Waals surface area contributed by atoms with Crippen molar-refractivity contribution >= 4 is 23.2 Å². The van der Waals surface area contributed by atoms with Gasteiger partial charge in [-0.2, -0.15) is 4.98 Å². The molecule has 3 heterocycles. The molecule has 0 saturated carbocycles. The number of ether oxygens (including phenoxy) is 1. The zero-order valence-corrected chi connectivity index (χ0v) is 17.7. The van der Waals surface area contributed by atoms with Gasteiger partial charge in [-0.25, -0.2) is 14.8 Å². The Morgan fingerprint density at radius 3 is 2.59 bits per heavy atom. The Labute approximate surface area is 191 Å². The minimum absolute atomic E-state index is 0.0345. The number of alkyl halides is 3. The lowest BCUT2D eigenvalue weighted by molar-refractivity contribution is -0.274. The fourth-order valence-electron chi connectivity index (χ4n) is 3.62. The number of carbonyl (C=O) groups is 1. The number of nitrogens with zero attached hydrogens (tertiary/aromatic N) is 4. The van der Waals surface area contributed by atoms with Crippen LogP contribution in [0.1, 0.15) is 29.8 Å². The summed E-state index contributed by atoms with van der Waals surface area (Å²) in [7, 11) is 0. The number of anilines is 3. The fraction of sp³-hybridized carbons (Fsp3) is 0.286. The molecule has 0 spiro atoms. The highest BCUT2D eigenvalue weighted by molar-refractivity contribution is 6.06. The molecule has 1 amide bonds. The van der Waals surface area contributed by atoms with Gasteiger partial charge in [-0.3, -0.25) is 9.78 Å². The van der Waals surface area contributed by atoms with E-state index in [1.165, 1.54) is 24.4 Å². The SMILES string of the molecule is Nc1ncc(-c2ccccc2OC(F)(F)F)nc1C(=O)Nc1[nH]c(=O)ncc1N1CCCCC1. The van der Waals surface area contributed by atoms with E-state index in [4.69, 9.17) is 5.73 Å². The van der Waals surface area contributed by atoms with E-state index in [0.29, 0.717) is 5.69 Å². The number of nitrogens with two attached hydrogens (primary N) is 1. The van der Waals surface area contributed by atoms with Gasteiger partial charge in [-0.05, 0) is 31.4 Å². The van der Waals surface area contributed by atoms with Gasteiger partial charge in [0.2, 0.25) is 0 Å². The molecule has 178 valence electrons. The van der Waals surface area contributed by atoms with Crippen LogP contribution in [-0.2, 0) is 0 Å². The summed E-state index contributed by atoms with van der Waals surface area (Å²) in [5.41, 5.74) is 5.27. The van der Waals surface area contributed by atoms with Crippen LogP contribution in [0.2, 0.25) is 0 Å². The van der Waals surface area contributed by atoms with Crippen LogP contribution in [0.15, 0.2) is 41.5 Å². The molecule has 4 N–H and O–H groups in total. The zero-order valence-electron chi connectivity index (χ0n) is 17.7. The van der Waals surface area contributed by atoms with Crippen molar-refractivity contribution < 1.29 is 22.7 Å². The molecule has 0 unspecified atom stereocenters. The van der Waals surface area contributed by atoms with E-state index in [2.05, 4.69) is 30.0 Å². The summed E-state index contributed by atoms with van der Waals surface area (Å²) in [4.78, 5) is 41.1. The number of amides is 1. The maximum atomic E-state index is 13.0. The molecule has 0 aliphatic carbocycles. The van der Waals surface area contributed by atoms with Crippen molar-refractivity contribution in [1.29, 1.82) is 0 Å². The van der Waals surface area contributed by atoms with Crippen molar-refractivity contribution in [2.24, 2.45) is 0 Å². The number of aromatic nitrogens is 4. The smallest absolute Gasteiger partial charge is 0.405 e. The van der Waals surface area contributed by atoms with Crippen molar-refractivity contribution in [3.05, 3.63) is 52.8 Å². The van der Waals surface area contributed by atoms with Crippen LogP contribution >= 0.6 is 0 Å². The average Bonchev–Trinajstić information content (AvgIpc) is 2.79. The Hall–Kier alpha value is -4.16. The first-order chi connectivity index (χ1) is 16.2. The van der Waals surface area contributed by atoms with Gasteiger partial charge in [-0.15, -0.1) is 13.2 Å². The predicted octanol–water partition coefficient (Wildman–Crippen LogP) is 2.95. The zero-order chi connectivity index (χ0) is 24.3. The van der Waals surface area contributed by atoms with Gasteiger partial charge in [0.15, 0.2) is 11.5 Å². The second-order valence-corrected chi connectivity index (χ2v) is 7.48. The number of halogens is 3. The van der Waals surface area contributed by atoms with Crippen LogP contribution in [0.25, 0.3) is 11.3 Å². The molecule has 1 aromatic carbocycles. The Morgan fingerprint density at radius 1 is 1.12 bits per heavy atom. The van der Waals surface area contributed by atoms with E-state index < -0.39 is 23.7 Å². The molecular formula is C21H20F3N7O3. The lowest BCUT2D eigenvalue weighted by Crippen LogP contribution is -2.32. The number of nitrogen functional groups attached to an aromatic ring is 1. The lowest BCUT2D eigenvalue weighted by atomic mass is 10.1. The number of aromatic amines is 1. The maximum absolute atomic E-state index is 13.0. The van der Waals surface area contributed by atoms with Gasteiger partial charge in [0.05, 0.1) is 23.8 Å². The van der Waals surface area contributed by atoms with E-state index in [1.54, 1.807) is 0 Å². The molecule has 0 atom stereocenters. The van der Waals surface area contributed by atoms with Gasteiger partial charge < -0.3 is 20.7 Å². The molecule has 0 radical (unpaired) electrons. The summed E-state index contributed by atoms with van der Waals surface area (Å²) in [6.45, 7) is 1.45. The number of nitrogens with one attached hydrogen (secondary N) is 2. The molecule has 1 aliphatic rings. The Morgan fingerprint density at radius 2 is 1.85 bits per heavy atom. The van der Waals surface area contributed by atoms with Crippen molar-refractivity contribution in [3.8, 4) is 17.0 Å². The Kier molecular flexibility index (Phi) is 6.34. The summed E-state index contributed by atoms with van der Waals surface area (Å²) in [6.07, 6.45) is 0.565. The summed E-state index contributed by atoms with van der Waals surface area (Å²) in [5.74, 6) is -1.45. The number of para-hydroxylation sites is 1. The van der Waals surface area contributed by atoms with Gasteiger partial charge in [0, 0.05) is 18.7 Å². The fourth-order valence-corrected chi connectivity index (χ4v) is 3.62. The van der Waals surface area contributed by atoms with Crippen LogP contribution in [0.4, 0.5) is 30.5 Å². The van der Waals surface area contributed by atoms with E-state index in [9.17, 15) is 22.8 Å². The van der Waals surface area contributed by atoms with E-state index in [0.717, 1.165) is 44.6 Å². The molecule has 13 heteroatoms. The van der Waals surface area contributed by atoms with Crippen molar-refractivity contribution in [2.45, 2.75) is 25.6 Å². The third-order valence-corrected chi connectivity index (χ3v) is 5.13. The first kappa shape index (κ1) is 23.0. The molecule has 2 aromatic heterocycles. The van der Waals surface area contributed by atoms with Crippen molar-refractivity contribution in [1.82, 2.24) is 19.9 Å². The second-order valence-electron chi connectivity index (χ2n) is 7.48. The quantitative estimate of drug-likeness (QED) is 0.512. The third kappa shape index (κ3) is 5.24. The Bertz CT molecular complexity index is 1260. The lowest BCUT2D eigenvalue weighted by Gasteiger charge is -2.29. The molecule has 4 rings (SSSR count). The van der Waals surface area contributed by atoms with Gasteiger partial charge in [-0.1, -0.05) is 12.1 Å². The molecule has 34 heavy (non-hydrogen) atoms. The monoisotopic (exact) mass is 475 g/mol. The molecule has 1 fully saturated rings. The van der Waals surface area contributed by atoms with Crippen molar-refractivity contribution in [2.75, 3.05) is 29.0 Å². The molecular weight excluding hydrogens is 455 g/mol. The number of H-pyrrole nitrogens is 1. The summed E-state index contributed by atoms with van der Waals surface area (Å²) in [5, 5.41) is 2.57. The van der Waals surface area contributed by atoms with Crippen LogP contribution < -0.4 is 26.4 Å².